The van der Waals surface area contributed by atoms with Crippen LogP contribution in [0.5, 0.6) is 5.75 Å². The Labute approximate surface area is 178 Å². The molecule has 1 atom stereocenters. The van der Waals surface area contributed by atoms with E-state index in [1.54, 1.807) is 48.5 Å². The first kappa shape index (κ1) is 22.2. The maximum absolute atomic E-state index is 12.9. The van der Waals surface area contributed by atoms with Crippen LogP contribution in [0.3, 0.4) is 0 Å². The second-order valence-electron chi connectivity index (χ2n) is 7.15. The van der Waals surface area contributed by atoms with Gasteiger partial charge in [-0.25, -0.2) is 0 Å². The van der Waals surface area contributed by atoms with E-state index in [1.807, 2.05) is 12.4 Å². The van der Waals surface area contributed by atoms with Gasteiger partial charge in [0.1, 0.15) is 12.4 Å². The van der Waals surface area contributed by atoms with Crippen LogP contribution in [0.2, 0.25) is 0 Å². The fourth-order valence-corrected chi connectivity index (χ4v) is 3.16. The molecule has 31 heavy (non-hydrogen) atoms. The van der Waals surface area contributed by atoms with Gasteiger partial charge < -0.3 is 25.6 Å². The summed E-state index contributed by atoms with van der Waals surface area (Å²) >= 11 is 0. The molecule has 2 aromatic carbocycles. The van der Waals surface area contributed by atoms with Crippen LogP contribution in [-0.2, 0) is 16.1 Å². The minimum absolute atomic E-state index is 0.150. The Kier molecular flexibility index (Phi) is 6.81. The van der Waals surface area contributed by atoms with Gasteiger partial charge >= 0.3 is 0 Å². The zero-order valence-corrected chi connectivity index (χ0v) is 16.8. The number of nitrogens with one attached hydrogen (secondary N) is 2. The number of oxime groups is 1. The minimum Gasteiger partial charge on any atom is -0.460 e. The van der Waals surface area contributed by atoms with Crippen molar-refractivity contribution in [2.75, 3.05) is 6.61 Å². The standard InChI is InChI=1S/C22H23N3O6/c1-14-2-9-20-18(10-14)19(24-29)11-22(25-30,31-20)21(28)23-12-16-5-3-15(4-6-16)7-8-17(27)13-26/h2-10,25-26,29-30H,11-13H2,1H3,(H,23,28)/b8-7+,24-19-. The third kappa shape index (κ3) is 4.97. The highest BCUT2D eigenvalue weighted by Gasteiger charge is 2.46. The van der Waals surface area contributed by atoms with Crippen LogP contribution in [0, 0.1) is 6.92 Å². The highest BCUT2D eigenvalue weighted by atomic mass is 16.6. The Morgan fingerprint density at radius 3 is 2.61 bits per heavy atom. The Morgan fingerprint density at radius 1 is 1.23 bits per heavy atom. The first-order valence-corrected chi connectivity index (χ1v) is 9.52. The lowest BCUT2D eigenvalue weighted by molar-refractivity contribution is -0.152. The van der Waals surface area contributed by atoms with Crippen LogP contribution in [0.1, 0.15) is 28.7 Å². The second kappa shape index (κ2) is 9.52. The quantitative estimate of drug-likeness (QED) is 0.257. The average Bonchev–Trinajstić information content (AvgIpc) is 2.80. The molecule has 0 saturated heterocycles. The summed E-state index contributed by atoms with van der Waals surface area (Å²) in [5.41, 5.74) is 3.29. The Hall–Kier alpha value is -3.53. The lowest BCUT2D eigenvalue weighted by Crippen LogP contribution is -2.62. The molecule has 0 aliphatic carbocycles. The third-order valence-corrected chi connectivity index (χ3v) is 4.86. The number of amides is 1. The molecule has 162 valence electrons. The number of ether oxygens (including phenoxy) is 1. The molecule has 0 fully saturated rings. The molecule has 1 aliphatic heterocycles. The zero-order valence-electron chi connectivity index (χ0n) is 16.8. The number of fused-ring (bicyclic) bond motifs is 1. The number of ketones is 1. The van der Waals surface area contributed by atoms with Crippen molar-refractivity contribution in [2.24, 2.45) is 5.16 Å². The first-order valence-electron chi connectivity index (χ1n) is 9.52. The summed E-state index contributed by atoms with van der Waals surface area (Å²) in [6.45, 7) is 1.48. The topological polar surface area (TPSA) is 140 Å². The van der Waals surface area contributed by atoms with Gasteiger partial charge in [0, 0.05) is 12.1 Å². The number of benzene rings is 2. The van der Waals surface area contributed by atoms with E-state index < -0.39 is 24.0 Å². The van der Waals surface area contributed by atoms with Crippen molar-refractivity contribution < 1.29 is 29.8 Å². The van der Waals surface area contributed by atoms with Gasteiger partial charge in [-0.15, -0.1) is 0 Å². The molecule has 5 N–H and O–H groups in total. The fourth-order valence-electron chi connectivity index (χ4n) is 3.16. The molecule has 1 heterocycles. The summed E-state index contributed by atoms with van der Waals surface area (Å²) in [6, 6.07) is 12.2. The smallest absolute Gasteiger partial charge is 0.282 e. The number of nitrogens with zero attached hydrogens (tertiary/aromatic N) is 1. The molecule has 1 amide bonds. The van der Waals surface area contributed by atoms with E-state index in [0.717, 1.165) is 16.7 Å². The molecule has 0 radical (unpaired) electrons. The molecule has 0 bridgehead atoms. The molecular weight excluding hydrogens is 402 g/mol. The van der Waals surface area contributed by atoms with Crippen molar-refractivity contribution in [2.45, 2.75) is 25.6 Å². The van der Waals surface area contributed by atoms with Gasteiger partial charge in [0.05, 0.1) is 12.1 Å². The van der Waals surface area contributed by atoms with E-state index in [1.165, 1.54) is 6.08 Å². The Morgan fingerprint density at radius 2 is 1.97 bits per heavy atom. The highest BCUT2D eigenvalue weighted by molar-refractivity contribution is 6.07. The van der Waals surface area contributed by atoms with Crippen molar-refractivity contribution >= 4 is 23.5 Å². The van der Waals surface area contributed by atoms with E-state index >= 15 is 0 Å². The van der Waals surface area contributed by atoms with Crippen molar-refractivity contribution in [3.8, 4) is 5.75 Å². The SMILES string of the molecule is Cc1ccc2c(c1)/C(=N\O)CC(NO)(C(=O)NCc1ccc(/C=C/C(=O)CO)cc1)O2. The van der Waals surface area contributed by atoms with Crippen LogP contribution < -0.4 is 15.5 Å². The maximum Gasteiger partial charge on any atom is 0.282 e. The molecule has 3 rings (SSSR count). The number of carbonyl (C=O) groups excluding carboxylic acids is 2. The lowest BCUT2D eigenvalue weighted by atomic mass is 9.94. The highest BCUT2D eigenvalue weighted by Crippen LogP contribution is 2.33. The predicted molar refractivity (Wildman–Crippen MR) is 112 cm³/mol. The van der Waals surface area contributed by atoms with E-state index in [2.05, 4.69) is 10.5 Å². The summed E-state index contributed by atoms with van der Waals surface area (Å²) in [5.74, 6) is -0.733. The van der Waals surface area contributed by atoms with Gasteiger partial charge in [-0.1, -0.05) is 47.1 Å². The molecular formula is C22H23N3O6. The molecule has 9 heteroatoms. The normalized spacial score (nSPS) is 19.1. The molecule has 1 aliphatic rings. The van der Waals surface area contributed by atoms with Gasteiger partial charge in [-0.2, -0.15) is 5.48 Å². The Balaban J connectivity index is 1.71. The summed E-state index contributed by atoms with van der Waals surface area (Å²) < 4.78 is 5.76. The largest absolute Gasteiger partial charge is 0.460 e. The van der Waals surface area contributed by atoms with Crippen LogP contribution in [0.15, 0.2) is 53.7 Å². The number of rotatable bonds is 7. The number of aliphatic hydroxyl groups is 1. The average molecular weight is 425 g/mol. The summed E-state index contributed by atoms with van der Waals surface area (Å²) in [5, 5.41) is 33.9. The summed E-state index contributed by atoms with van der Waals surface area (Å²) in [6.07, 6.45) is 2.68. The van der Waals surface area contributed by atoms with E-state index in [0.29, 0.717) is 11.3 Å². The monoisotopic (exact) mass is 425 g/mol. The second-order valence-corrected chi connectivity index (χ2v) is 7.15. The Bertz CT molecular complexity index is 1030. The third-order valence-electron chi connectivity index (χ3n) is 4.86. The van der Waals surface area contributed by atoms with Crippen LogP contribution in [-0.4, -0.2) is 45.3 Å². The number of hydrogen-bond acceptors (Lipinski definition) is 8. The van der Waals surface area contributed by atoms with Gasteiger partial charge in [0.15, 0.2) is 5.78 Å². The van der Waals surface area contributed by atoms with Gasteiger partial charge in [-0.05, 0) is 36.3 Å². The van der Waals surface area contributed by atoms with Gasteiger partial charge in [0.25, 0.3) is 11.6 Å². The van der Waals surface area contributed by atoms with Crippen LogP contribution in [0.25, 0.3) is 6.08 Å². The van der Waals surface area contributed by atoms with Crippen molar-refractivity contribution in [3.63, 3.8) is 0 Å². The maximum atomic E-state index is 12.9. The molecule has 0 saturated carbocycles. The predicted octanol–water partition coefficient (Wildman–Crippen LogP) is 1.52. The molecule has 0 aromatic heterocycles. The summed E-state index contributed by atoms with van der Waals surface area (Å²) in [4.78, 5) is 24.0. The zero-order chi connectivity index (χ0) is 22.4. The molecule has 1 unspecified atom stereocenters. The first-order chi connectivity index (χ1) is 14.9. The molecule has 9 nitrogen and oxygen atoms in total. The number of aliphatic hydroxyl groups excluding tert-OH is 1. The summed E-state index contributed by atoms with van der Waals surface area (Å²) in [7, 11) is 0. The number of hydrogen-bond donors (Lipinski definition) is 5. The van der Waals surface area contributed by atoms with Crippen molar-refractivity contribution in [1.82, 2.24) is 10.8 Å². The number of carbonyl (C=O) groups is 2. The van der Waals surface area contributed by atoms with Gasteiger partial charge in [-0.3, -0.25) is 9.59 Å². The van der Waals surface area contributed by atoms with Crippen molar-refractivity contribution in [3.05, 3.63) is 70.8 Å². The number of aryl methyl sites for hydroxylation is 1. The number of hydroxylamine groups is 1. The van der Waals surface area contributed by atoms with Crippen LogP contribution in [0.4, 0.5) is 0 Å². The molecule has 0 spiro atoms. The van der Waals surface area contributed by atoms with E-state index in [-0.39, 0.29) is 18.7 Å². The van der Waals surface area contributed by atoms with Gasteiger partial charge in [0.2, 0.25) is 0 Å². The lowest BCUT2D eigenvalue weighted by Gasteiger charge is -2.36. The molecule has 2 aromatic rings. The fraction of sp³-hybridized carbons (Fsp3) is 0.227. The van der Waals surface area contributed by atoms with Crippen molar-refractivity contribution in [1.29, 1.82) is 0 Å². The minimum atomic E-state index is -1.85. The van der Waals surface area contributed by atoms with E-state index in [9.17, 15) is 20.0 Å². The van der Waals surface area contributed by atoms with E-state index in [4.69, 9.17) is 9.84 Å². The van der Waals surface area contributed by atoms with Crippen LogP contribution >= 0.6 is 0 Å².